The zero-order valence-corrected chi connectivity index (χ0v) is 13.6. The second-order valence-electron chi connectivity index (χ2n) is 4.74. The highest BCUT2D eigenvalue weighted by Gasteiger charge is 2.16. The minimum absolute atomic E-state index is 0.103. The Hall–Kier alpha value is -2.61. The molecule has 0 radical (unpaired) electrons. The van der Waals surface area contributed by atoms with Gasteiger partial charge in [-0.05, 0) is 42.8 Å². The summed E-state index contributed by atoms with van der Waals surface area (Å²) >= 11 is 0. The predicted octanol–water partition coefficient (Wildman–Crippen LogP) is 1.32. The van der Waals surface area contributed by atoms with Crippen LogP contribution in [0.2, 0.25) is 0 Å². The van der Waals surface area contributed by atoms with Crippen LogP contribution in [-0.2, 0) is 14.8 Å². The maximum Gasteiger partial charge on any atom is 0.261 e. The Kier molecular flexibility index (Phi) is 5.17. The summed E-state index contributed by atoms with van der Waals surface area (Å²) in [6.07, 6.45) is 2.98. The van der Waals surface area contributed by atoms with Gasteiger partial charge in [0, 0.05) is 13.2 Å². The van der Waals surface area contributed by atoms with Crippen LogP contribution in [0.3, 0.4) is 0 Å². The van der Waals surface area contributed by atoms with Crippen LogP contribution in [0.25, 0.3) is 0 Å². The first-order valence-corrected chi connectivity index (χ1v) is 8.27. The Morgan fingerprint density at radius 1 is 1.30 bits per heavy atom. The fourth-order valence-corrected chi connectivity index (χ4v) is 2.93. The van der Waals surface area contributed by atoms with E-state index in [1.807, 2.05) is 0 Å². The predicted molar refractivity (Wildman–Crippen MR) is 85.8 cm³/mol. The lowest BCUT2D eigenvalue weighted by Crippen LogP contribution is -2.25. The second kappa shape index (κ2) is 7.10. The number of benzene rings is 1. The molecule has 23 heavy (non-hydrogen) atoms. The van der Waals surface area contributed by atoms with Crippen molar-refractivity contribution < 1.29 is 17.9 Å². The summed E-state index contributed by atoms with van der Waals surface area (Å²) in [5, 5.41) is 2.44. The Morgan fingerprint density at radius 3 is 2.70 bits per heavy atom. The van der Waals surface area contributed by atoms with Crippen LogP contribution < -0.4 is 14.8 Å². The summed E-state index contributed by atoms with van der Waals surface area (Å²) in [5.74, 6) is 0.188. The van der Waals surface area contributed by atoms with E-state index in [2.05, 4.69) is 15.0 Å². The van der Waals surface area contributed by atoms with Crippen molar-refractivity contribution in [2.75, 3.05) is 18.4 Å². The summed E-state index contributed by atoms with van der Waals surface area (Å²) < 4.78 is 32.5. The SMILES string of the molecule is CNC(=O)COc1ccc(S(=O)(=O)Nc2cccnc2)cc1C. The van der Waals surface area contributed by atoms with Crippen molar-refractivity contribution in [1.29, 1.82) is 0 Å². The van der Waals surface area contributed by atoms with Gasteiger partial charge in [-0.2, -0.15) is 0 Å². The largest absolute Gasteiger partial charge is 0.484 e. The third-order valence-corrected chi connectivity index (χ3v) is 4.39. The molecule has 0 saturated carbocycles. The van der Waals surface area contributed by atoms with Gasteiger partial charge in [0.25, 0.3) is 15.9 Å². The number of carbonyl (C=O) groups is 1. The van der Waals surface area contributed by atoms with Crippen LogP contribution in [0, 0.1) is 6.92 Å². The van der Waals surface area contributed by atoms with Gasteiger partial charge in [-0.3, -0.25) is 14.5 Å². The Balaban J connectivity index is 2.17. The second-order valence-corrected chi connectivity index (χ2v) is 6.42. The van der Waals surface area contributed by atoms with Gasteiger partial charge in [-0.25, -0.2) is 8.42 Å². The smallest absolute Gasteiger partial charge is 0.261 e. The van der Waals surface area contributed by atoms with Crippen LogP contribution in [0.15, 0.2) is 47.6 Å². The van der Waals surface area contributed by atoms with Crippen molar-refractivity contribution in [2.24, 2.45) is 0 Å². The fraction of sp³-hybridized carbons (Fsp3) is 0.200. The molecule has 0 spiro atoms. The number of aryl methyl sites for hydroxylation is 1. The van der Waals surface area contributed by atoms with E-state index in [1.54, 1.807) is 25.3 Å². The van der Waals surface area contributed by atoms with E-state index in [-0.39, 0.29) is 17.4 Å². The van der Waals surface area contributed by atoms with Crippen LogP contribution >= 0.6 is 0 Å². The molecule has 2 aromatic rings. The number of carbonyl (C=O) groups excluding carboxylic acids is 1. The molecule has 0 aliphatic carbocycles. The van der Waals surface area contributed by atoms with E-state index in [9.17, 15) is 13.2 Å². The zero-order chi connectivity index (χ0) is 16.9. The average molecular weight is 335 g/mol. The third kappa shape index (κ3) is 4.43. The Morgan fingerprint density at radius 2 is 2.09 bits per heavy atom. The number of anilines is 1. The average Bonchev–Trinajstić information content (AvgIpc) is 2.53. The van der Waals surface area contributed by atoms with E-state index >= 15 is 0 Å². The highest BCUT2D eigenvalue weighted by Crippen LogP contribution is 2.23. The molecule has 1 aromatic heterocycles. The zero-order valence-electron chi connectivity index (χ0n) is 12.7. The number of aromatic nitrogens is 1. The van der Waals surface area contributed by atoms with Crippen molar-refractivity contribution in [2.45, 2.75) is 11.8 Å². The summed E-state index contributed by atoms with van der Waals surface area (Å²) in [6.45, 7) is 1.58. The lowest BCUT2D eigenvalue weighted by atomic mass is 10.2. The van der Waals surface area contributed by atoms with Crippen molar-refractivity contribution in [3.8, 4) is 5.75 Å². The molecule has 7 nitrogen and oxygen atoms in total. The highest BCUT2D eigenvalue weighted by atomic mass is 32.2. The lowest BCUT2D eigenvalue weighted by molar-refractivity contribution is -0.122. The number of likely N-dealkylation sites (N-methyl/N-ethyl adjacent to an activating group) is 1. The van der Waals surface area contributed by atoms with Crippen LogP contribution in [0.1, 0.15) is 5.56 Å². The van der Waals surface area contributed by atoms with Gasteiger partial charge in [0.1, 0.15) is 5.75 Å². The molecule has 0 atom stereocenters. The summed E-state index contributed by atoms with van der Waals surface area (Å²) in [4.78, 5) is 15.1. The number of nitrogens with zero attached hydrogens (tertiary/aromatic N) is 1. The lowest BCUT2D eigenvalue weighted by Gasteiger charge is -2.11. The van der Waals surface area contributed by atoms with Crippen LogP contribution in [0.5, 0.6) is 5.75 Å². The van der Waals surface area contributed by atoms with Gasteiger partial charge in [0.15, 0.2) is 6.61 Å². The molecule has 0 unspecified atom stereocenters. The van der Waals surface area contributed by atoms with Gasteiger partial charge < -0.3 is 10.1 Å². The van der Waals surface area contributed by atoms with E-state index in [0.717, 1.165) is 0 Å². The minimum atomic E-state index is -3.71. The first kappa shape index (κ1) is 16.8. The highest BCUT2D eigenvalue weighted by molar-refractivity contribution is 7.92. The van der Waals surface area contributed by atoms with Crippen molar-refractivity contribution in [1.82, 2.24) is 10.3 Å². The molecule has 1 heterocycles. The third-order valence-electron chi connectivity index (χ3n) is 3.01. The summed E-state index contributed by atoms with van der Waals surface area (Å²) in [7, 11) is -2.20. The molecule has 0 aliphatic heterocycles. The molecule has 2 N–H and O–H groups in total. The molecule has 1 aromatic carbocycles. The first-order valence-electron chi connectivity index (χ1n) is 6.79. The number of sulfonamides is 1. The van der Waals surface area contributed by atoms with Crippen molar-refractivity contribution in [3.05, 3.63) is 48.3 Å². The molecule has 122 valence electrons. The Bertz CT molecular complexity index is 792. The number of rotatable bonds is 6. The molecule has 0 fully saturated rings. The van der Waals surface area contributed by atoms with Crippen LogP contribution in [-0.4, -0.2) is 33.0 Å². The standard InChI is InChI=1S/C15H17N3O4S/c1-11-8-13(5-6-14(11)22-10-15(19)16-2)23(20,21)18-12-4-3-7-17-9-12/h3-9,18H,10H2,1-2H3,(H,16,19). The maximum absolute atomic E-state index is 12.3. The van der Waals surface area contributed by atoms with Crippen molar-refractivity contribution in [3.63, 3.8) is 0 Å². The molecule has 0 bridgehead atoms. The number of ether oxygens (including phenoxy) is 1. The first-order chi connectivity index (χ1) is 10.9. The van der Waals surface area contributed by atoms with E-state index in [0.29, 0.717) is 17.0 Å². The number of pyridine rings is 1. The monoisotopic (exact) mass is 335 g/mol. The van der Waals surface area contributed by atoms with Crippen LogP contribution in [0.4, 0.5) is 5.69 Å². The topological polar surface area (TPSA) is 97.4 Å². The van der Waals surface area contributed by atoms with Gasteiger partial charge in [0.2, 0.25) is 0 Å². The normalized spacial score (nSPS) is 10.9. The van der Waals surface area contributed by atoms with E-state index in [4.69, 9.17) is 4.74 Å². The molecule has 8 heteroatoms. The number of amides is 1. The molecule has 0 saturated heterocycles. The minimum Gasteiger partial charge on any atom is -0.484 e. The summed E-state index contributed by atoms with van der Waals surface area (Å²) in [5.41, 5.74) is 0.994. The van der Waals surface area contributed by atoms with Gasteiger partial charge in [-0.15, -0.1) is 0 Å². The molecule has 2 rings (SSSR count). The fourth-order valence-electron chi connectivity index (χ4n) is 1.80. The number of nitrogens with one attached hydrogen (secondary N) is 2. The molecular formula is C15H17N3O4S. The van der Waals surface area contributed by atoms with Gasteiger partial charge >= 0.3 is 0 Å². The number of hydrogen-bond acceptors (Lipinski definition) is 5. The van der Waals surface area contributed by atoms with Gasteiger partial charge in [-0.1, -0.05) is 0 Å². The van der Waals surface area contributed by atoms with E-state index < -0.39 is 10.0 Å². The molecule has 1 amide bonds. The van der Waals surface area contributed by atoms with Crippen molar-refractivity contribution >= 4 is 21.6 Å². The van der Waals surface area contributed by atoms with E-state index in [1.165, 1.54) is 31.4 Å². The quantitative estimate of drug-likeness (QED) is 0.830. The summed E-state index contributed by atoms with van der Waals surface area (Å²) in [6, 6.07) is 7.68. The van der Waals surface area contributed by atoms with Gasteiger partial charge in [0.05, 0.1) is 16.8 Å². The molecular weight excluding hydrogens is 318 g/mol. The molecule has 0 aliphatic rings. The Labute approximate surface area is 134 Å². The maximum atomic E-state index is 12.3. The number of hydrogen-bond donors (Lipinski definition) is 2.